The Morgan fingerprint density at radius 1 is 1.21 bits per heavy atom. The van der Waals surface area contributed by atoms with Crippen molar-refractivity contribution >= 4 is 17.8 Å². The van der Waals surface area contributed by atoms with Crippen molar-refractivity contribution in [1.29, 1.82) is 0 Å². The van der Waals surface area contributed by atoms with Gasteiger partial charge >= 0.3 is 11.9 Å². The van der Waals surface area contributed by atoms with Gasteiger partial charge in [0.1, 0.15) is 0 Å². The van der Waals surface area contributed by atoms with E-state index in [2.05, 4.69) is 4.74 Å². The minimum atomic E-state index is -0.869. The van der Waals surface area contributed by atoms with Crippen LogP contribution in [-0.4, -0.2) is 29.6 Å². The van der Waals surface area contributed by atoms with E-state index >= 15 is 0 Å². The molecule has 3 N–H and O–H groups in total. The first-order chi connectivity index (χ1) is 8.68. The van der Waals surface area contributed by atoms with Gasteiger partial charge in [-0.25, -0.2) is 0 Å². The number of amides is 1. The maximum Gasteiger partial charge on any atom is 0.303 e. The summed E-state index contributed by atoms with van der Waals surface area (Å²) < 4.78 is 4.40. The van der Waals surface area contributed by atoms with Crippen LogP contribution in [0.5, 0.6) is 0 Å². The van der Waals surface area contributed by atoms with Gasteiger partial charge in [0.15, 0.2) is 0 Å². The molecule has 1 unspecified atom stereocenters. The molecule has 0 rings (SSSR count). The maximum absolute atomic E-state index is 10.6. The molecule has 6 nitrogen and oxygen atoms in total. The second-order valence-electron chi connectivity index (χ2n) is 4.69. The van der Waals surface area contributed by atoms with Crippen molar-refractivity contribution < 1.29 is 24.2 Å². The van der Waals surface area contributed by atoms with Gasteiger partial charge in [0.2, 0.25) is 5.91 Å². The number of carboxylic acids is 1. The number of aliphatic carboxylic acids is 1. The molecular weight excluding hydrogens is 250 g/mol. The molecule has 0 aliphatic rings. The number of carboxylic acid groups (broad SMARTS) is 1. The summed E-state index contributed by atoms with van der Waals surface area (Å²) >= 11 is 0. The lowest BCUT2D eigenvalue weighted by Gasteiger charge is -2.14. The summed E-state index contributed by atoms with van der Waals surface area (Å²) in [6, 6.07) is 0. The van der Waals surface area contributed by atoms with Crippen molar-refractivity contribution in [3.63, 3.8) is 0 Å². The average molecular weight is 275 g/mol. The van der Waals surface area contributed by atoms with E-state index in [-0.39, 0.29) is 24.7 Å². The third-order valence-corrected chi connectivity index (χ3v) is 2.11. The molecule has 0 bridgehead atoms. The molecule has 19 heavy (non-hydrogen) atoms. The number of hydrogen-bond donors (Lipinski definition) is 2. The lowest BCUT2D eigenvalue weighted by molar-refractivity contribution is -0.140. The first-order valence-corrected chi connectivity index (χ1v) is 6.32. The molecule has 0 spiro atoms. The van der Waals surface area contributed by atoms with Gasteiger partial charge in [0.25, 0.3) is 0 Å². The van der Waals surface area contributed by atoms with Crippen molar-refractivity contribution in [3.05, 3.63) is 0 Å². The Morgan fingerprint density at radius 2 is 1.74 bits per heavy atom. The Labute approximate surface area is 114 Å². The number of hydrogen-bond acceptors (Lipinski definition) is 4. The SMILES string of the molecule is CC(C)CC(CC(N)=O)CC(=O)O.CCOC(C)=O. The number of carbonyl (C=O) groups excluding carboxylic acids is 2. The lowest BCUT2D eigenvalue weighted by atomic mass is 9.91. The Morgan fingerprint density at radius 3 is 1.95 bits per heavy atom. The fourth-order valence-electron chi connectivity index (χ4n) is 1.64. The highest BCUT2D eigenvalue weighted by molar-refractivity contribution is 5.75. The maximum atomic E-state index is 10.6. The van der Waals surface area contributed by atoms with Crippen LogP contribution < -0.4 is 5.73 Å². The lowest BCUT2D eigenvalue weighted by Crippen LogP contribution is -2.19. The van der Waals surface area contributed by atoms with E-state index in [0.29, 0.717) is 12.5 Å². The minimum absolute atomic E-state index is 0.0289. The second-order valence-corrected chi connectivity index (χ2v) is 4.69. The third-order valence-electron chi connectivity index (χ3n) is 2.11. The quantitative estimate of drug-likeness (QED) is 0.686. The summed E-state index contributed by atoms with van der Waals surface area (Å²) in [5.74, 6) is -1.23. The molecule has 0 heterocycles. The number of nitrogens with two attached hydrogens (primary N) is 1. The van der Waals surface area contributed by atoms with Gasteiger partial charge in [-0.05, 0) is 25.2 Å². The van der Waals surface area contributed by atoms with Crippen LogP contribution in [0.3, 0.4) is 0 Å². The third kappa shape index (κ3) is 18.9. The molecule has 0 saturated heterocycles. The predicted octanol–water partition coefficient (Wildman–Crippen LogP) is 1.57. The van der Waals surface area contributed by atoms with E-state index < -0.39 is 11.9 Å². The molecule has 0 aliphatic carbocycles. The average Bonchev–Trinajstić information content (AvgIpc) is 2.13. The minimum Gasteiger partial charge on any atom is -0.481 e. The number of primary amides is 1. The zero-order valence-electron chi connectivity index (χ0n) is 12.1. The molecule has 0 radical (unpaired) electrons. The summed E-state index contributed by atoms with van der Waals surface area (Å²) in [7, 11) is 0. The topological polar surface area (TPSA) is 107 Å². The van der Waals surface area contributed by atoms with Crippen molar-refractivity contribution in [2.75, 3.05) is 6.61 Å². The molecule has 0 aromatic rings. The molecule has 112 valence electrons. The number of ether oxygens (including phenoxy) is 1. The van der Waals surface area contributed by atoms with E-state index in [4.69, 9.17) is 10.8 Å². The van der Waals surface area contributed by atoms with Crippen molar-refractivity contribution in [2.24, 2.45) is 17.6 Å². The Hall–Kier alpha value is -1.59. The number of esters is 1. The van der Waals surface area contributed by atoms with Gasteiger partial charge in [-0.1, -0.05) is 13.8 Å². The van der Waals surface area contributed by atoms with Gasteiger partial charge in [-0.3, -0.25) is 14.4 Å². The summed E-state index contributed by atoms with van der Waals surface area (Å²) in [5.41, 5.74) is 5.01. The smallest absolute Gasteiger partial charge is 0.303 e. The van der Waals surface area contributed by atoms with Crippen LogP contribution in [0.15, 0.2) is 0 Å². The van der Waals surface area contributed by atoms with Crippen LogP contribution in [0, 0.1) is 11.8 Å². The molecule has 0 aromatic carbocycles. The molecule has 1 amide bonds. The standard InChI is InChI=1S/C9H17NO3.C4H8O2/c1-6(2)3-7(4-8(10)11)5-9(12)13;1-3-6-4(2)5/h6-7H,3-5H2,1-2H3,(H2,10,11)(H,12,13);3H2,1-2H3. The molecule has 0 saturated carbocycles. The highest BCUT2D eigenvalue weighted by atomic mass is 16.5. The first kappa shape index (κ1) is 19.7. The summed E-state index contributed by atoms with van der Waals surface area (Å²) in [4.78, 5) is 30.8. The van der Waals surface area contributed by atoms with Crippen LogP contribution in [0.25, 0.3) is 0 Å². The van der Waals surface area contributed by atoms with Crippen LogP contribution in [0.1, 0.15) is 47.0 Å². The van der Waals surface area contributed by atoms with Crippen LogP contribution in [-0.2, 0) is 19.1 Å². The van der Waals surface area contributed by atoms with E-state index in [1.807, 2.05) is 13.8 Å². The number of rotatable bonds is 7. The highest BCUT2D eigenvalue weighted by Gasteiger charge is 2.16. The monoisotopic (exact) mass is 275 g/mol. The molecule has 6 heteroatoms. The summed E-state index contributed by atoms with van der Waals surface area (Å²) in [5, 5.41) is 8.56. The Kier molecular flexibility index (Phi) is 11.9. The molecule has 0 aliphatic heterocycles. The van der Waals surface area contributed by atoms with Gasteiger partial charge < -0.3 is 15.6 Å². The van der Waals surface area contributed by atoms with Crippen molar-refractivity contribution in [3.8, 4) is 0 Å². The van der Waals surface area contributed by atoms with Crippen LogP contribution in [0.4, 0.5) is 0 Å². The van der Waals surface area contributed by atoms with Crippen molar-refractivity contribution in [1.82, 2.24) is 0 Å². The normalized spacial score (nSPS) is 11.2. The van der Waals surface area contributed by atoms with E-state index in [0.717, 1.165) is 6.42 Å². The summed E-state index contributed by atoms with van der Waals surface area (Å²) in [6.45, 7) is 7.64. The van der Waals surface area contributed by atoms with Gasteiger partial charge in [-0.2, -0.15) is 0 Å². The highest BCUT2D eigenvalue weighted by Crippen LogP contribution is 2.18. The molecule has 0 aromatic heterocycles. The van der Waals surface area contributed by atoms with Crippen LogP contribution in [0.2, 0.25) is 0 Å². The second kappa shape index (κ2) is 11.5. The Balaban J connectivity index is 0. The van der Waals surface area contributed by atoms with Crippen LogP contribution >= 0.6 is 0 Å². The zero-order chi connectivity index (χ0) is 15.4. The van der Waals surface area contributed by atoms with Gasteiger partial charge in [-0.15, -0.1) is 0 Å². The predicted molar refractivity (Wildman–Crippen MR) is 71.3 cm³/mol. The molecule has 1 atom stereocenters. The first-order valence-electron chi connectivity index (χ1n) is 6.32. The molecular formula is C13H25NO5. The fraction of sp³-hybridized carbons (Fsp3) is 0.769. The van der Waals surface area contributed by atoms with Gasteiger partial charge in [0, 0.05) is 19.8 Å². The van der Waals surface area contributed by atoms with Gasteiger partial charge in [0.05, 0.1) is 6.61 Å². The fourth-order valence-corrected chi connectivity index (χ4v) is 1.64. The number of carbonyl (C=O) groups is 3. The Bertz CT molecular complexity index is 273. The zero-order valence-corrected chi connectivity index (χ0v) is 12.1. The largest absolute Gasteiger partial charge is 0.481 e. The van der Waals surface area contributed by atoms with E-state index in [9.17, 15) is 14.4 Å². The van der Waals surface area contributed by atoms with E-state index in [1.54, 1.807) is 6.92 Å². The van der Waals surface area contributed by atoms with E-state index in [1.165, 1.54) is 6.92 Å². The summed E-state index contributed by atoms with van der Waals surface area (Å²) in [6.07, 6.45) is 0.931. The molecule has 0 fully saturated rings. The van der Waals surface area contributed by atoms with Crippen molar-refractivity contribution in [2.45, 2.75) is 47.0 Å².